The standard InChI is InChI=1S/C7H8.C4H9N/c1-7-5-3-2-4-6-7;1-4-5(2)3/h2-6H,1H3;4H,1H2,2-3H3. The maximum Gasteiger partial charge on any atom is 0.00554 e. The van der Waals surface area contributed by atoms with Gasteiger partial charge in [0.2, 0.25) is 0 Å². The van der Waals surface area contributed by atoms with Crippen molar-refractivity contribution in [3.63, 3.8) is 0 Å². The molecule has 0 fully saturated rings. The number of rotatable bonds is 1. The van der Waals surface area contributed by atoms with Crippen molar-refractivity contribution in [2.45, 2.75) is 6.92 Å². The van der Waals surface area contributed by atoms with E-state index in [4.69, 9.17) is 0 Å². The zero-order chi connectivity index (χ0) is 9.40. The van der Waals surface area contributed by atoms with Crippen molar-refractivity contribution >= 4 is 0 Å². The van der Waals surface area contributed by atoms with Gasteiger partial charge in [0.1, 0.15) is 0 Å². The lowest BCUT2D eigenvalue weighted by Gasteiger charge is -1.98. The molecule has 0 aromatic heterocycles. The van der Waals surface area contributed by atoms with Crippen LogP contribution in [-0.4, -0.2) is 19.0 Å². The summed E-state index contributed by atoms with van der Waals surface area (Å²) in [6.07, 6.45) is 1.75. The first-order valence-corrected chi connectivity index (χ1v) is 3.97. The maximum atomic E-state index is 3.49. The van der Waals surface area contributed by atoms with Crippen molar-refractivity contribution in [1.82, 2.24) is 4.90 Å². The zero-order valence-electron chi connectivity index (χ0n) is 8.12. The molecule has 0 aliphatic rings. The van der Waals surface area contributed by atoms with E-state index in [1.54, 1.807) is 6.20 Å². The molecule has 0 atom stereocenters. The van der Waals surface area contributed by atoms with Crippen LogP contribution < -0.4 is 0 Å². The first-order valence-electron chi connectivity index (χ1n) is 3.97. The molecule has 0 unspecified atom stereocenters. The topological polar surface area (TPSA) is 3.24 Å². The Balaban J connectivity index is 0.000000217. The molecule has 66 valence electrons. The van der Waals surface area contributed by atoms with Gasteiger partial charge in [0.25, 0.3) is 0 Å². The third kappa shape index (κ3) is 6.87. The number of hydrogen-bond donors (Lipinski definition) is 0. The minimum absolute atomic E-state index is 1.32. The molecule has 1 nitrogen and oxygen atoms in total. The quantitative estimate of drug-likeness (QED) is 0.615. The summed E-state index contributed by atoms with van der Waals surface area (Å²) in [5.74, 6) is 0. The molecule has 12 heavy (non-hydrogen) atoms. The molecular weight excluding hydrogens is 146 g/mol. The number of hydrogen-bond acceptors (Lipinski definition) is 1. The predicted octanol–water partition coefficient (Wildman–Crippen LogP) is 2.69. The average Bonchev–Trinajstić information content (AvgIpc) is 2.07. The van der Waals surface area contributed by atoms with Gasteiger partial charge in [-0.25, -0.2) is 0 Å². The molecular formula is C11H17N. The van der Waals surface area contributed by atoms with E-state index in [1.165, 1.54) is 5.56 Å². The predicted molar refractivity (Wildman–Crippen MR) is 55.1 cm³/mol. The molecule has 0 N–H and O–H groups in total. The van der Waals surface area contributed by atoms with Gasteiger partial charge in [0.15, 0.2) is 0 Å². The monoisotopic (exact) mass is 163 g/mol. The number of aryl methyl sites for hydroxylation is 1. The molecule has 1 aromatic rings. The van der Waals surface area contributed by atoms with Crippen LogP contribution in [0, 0.1) is 6.92 Å². The van der Waals surface area contributed by atoms with Crippen LogP contribution in [0.25, 0.3) is 0 Å². The van der Waals surface area contributed by atoms with E-state index in [-0.39, 0.29) is 0 Å². The fourth-order valence-corrected chi connectivity index (χ4v) is 0.534. The fraction of sp³-hybridized carbons (Fsp3) is 0.273. The van der Waals surface area contributed by atoms with Gasteiger partial charge in [-0.05, 0) is 13.1 Å². The Labute approximate surface area is 75.3 Å². The molecule has 0 amide bonds. The Bertz CT molecular complexity index is 202. The second-order valence-corrected chi connectivity index (χ2v) is 2.80. The minimum Gasteiger partial charge on any atom is -0.384 e. The molecule has 0 radical (unpaired) electrons. The molecule has 0 spiro atoms. The second kappa shape index (κ2) is 6.47. The van der Waals surface area contributed by atoms with Gasteiger partial charge < -0.3 is 4.90 Å². The van der Waals surface area contributed by atoms with Gasteiger partial charge >= 0.3 is 0 Å². The average molecular weight is 163 g/mol. The molecule has 0 aliphatic heterocycles. The molecule has 0 saturated carbocycles. The lowest BCUT2D eigenvalue weighted by Crippen LogP contribution is -1.97. The van der Waals surface area contributed by atoms with Gasteiger partial charge in [-0.15, -0.1) is 0 Å². The molecule has 0 saturated heterocycles. The number of nitrogens with zero attached hydrogens (tertiary/aromatic N) is 1. The third-order valence-electron chi connectivity index (χ3n) is 1.31. The summed E-state index contributed by atoms with van der Waals surface area (Å²) in [6, 6.07) is 10.3. The minimum atomic E-state index is 1.32. The van der Waals surface area contributed by atoms with Gasteiger partial charge in [-0.2, -0.15) is 0 Å². The summed E-state index contributed by atoms with van der Waals surface area (Å²) in [5, 5.41) is 0. The molecule has 0 aliphatic carbocycles. The summed E-state index contributed by atoms with van der Waals surface area (Å²) >= 11 is 0. The van der Waals surface area contributed by atoms with Crippen molar-refractivity contribution < 1.29 is 0 Å². The molecule has 1 aromatic carbocycles. The van der Waals surface area contributed by atoms with E-state index in [0.717, 1.165) is 0 Å². The van der Waals surface area contributed by atoms with Crippen molar-refractivity contribution in [2.75, 3.05) is 14.1 Å². The Morgan fingerprint density at radius 2 is 1.58 bits per heavy atom. The summed E-state index contributed by atoms with van der Waals surface area (Å²) < 4.78 is 0. The molecule has 0 heterocycles. The van der Waals surface area contributed by atoms with E-state index in [1.807, 2.05) is 37.2 Å². The summed E-state index contributed by atoms with van der Waals surface area (Å²) in [6.45, 7) is 5.57. The van der Waals surface area contributed by atoms with Crippen LogP contribution in [0.1, 0.15) is 5.56 Å². The second-order valence-electron chi connectivity index (χ2n) is 2.80. The Morgan fingerprint density at radius 3 is 1.75 bits per heavy atom. The van der Waals surface area contributed by atoms with Gasteiger partial charge in [0.05, 0.1) is 0 Å². The largest absolute Gasteiger partial charge is 0.384 e. The summed E-state index contributed by atoms with van der Waals surface area (Å²) in [4.78, 5) is 1.89. The zero-order valence-corrected chi connectivity index (χ0v) is 8.12. The first kappa shape index (κ1) is 10.8. The summed E-state index contributed by atoms with van der Waals surface area (Å²) in [7, 11) is 3.88. The lowest BCUT2D eigenvalue weighted by molar-refractivity contribution is 0.566. The van der Waals surface area contributed by atoms with Crippen molar-refractivity contribution in [3.8, 4) is 0 Å². The summed E-state index contributed by atoms with van der Waals surface area (Å²) in [5.41, 5.74) is 1.32. The van der Waals surface area contributed by atoms with Crippen LogP contribution in [0.4, 0.5) is 0 Å². The van der Waals surface area contributed by atoms with Crippen molar-refractivity contribution in [2.24, 2.45) is 0 Å². The van der Waals surface area contributed by atoms with Crippen molar-refractivity contribution in [1.29, 1.82) is 0 Å². The molecule has 1 rings (SSSR count). The van der Waals surface area contributed by atoms with Crippen molar-refractivity contribution in [3.05, 3.63) is 48.7 Å². The van der Waals surface area contributed by atoms with E-state index < -0.39 is 0 Å². The van der Waals surface area contributed by atoms with E-state index in [9.17, 15) is 0 Å². The highest BCUT2D eigenvalue weighted by Crippen LogP contribution is 1.92. The van der Waals surface area contributed by atoms with E-state index in [2.05, 4.69) is 25.6 Å². The van der Waals surface area contributed by atoms with Crippen LogP contribution in [0.3, 0.4) is 0 Å². The highest BCUT2D eigenvalue weighted by atomic mass is 15.0. The normalized spacial score (nSPS) is 7.92. The Morgan fingerprint density at radius 1 is 1.17 bits per heavy atom. The van der Waals surface area contributed by atoms with Crippen LogP contribution in [-0.2, 0) is 0 Å². The highest BCUT2D eigenvalue weighted by molar-refractivity contribution is 5.11. The SMILES string of the molecule is C=CN(C)C.Cc1ccccc1. The van der Waals surface area contributed by atoms with Crippen LogP contribution in [0.2, 0.25) is 0 Å². The lowest BCUT2D eigenvalue weighted by atomic mass is 10.2. The Hall–Kier alpha value is -1.24. The van der Waals surface area contributed by atoms with Gasteiger partial charge in [-0.1, -0.05) is 42.5 Å². The molecule has 0 bridgehead atoms. The highest BCUT2D eigenvalue weighted by Gasteiger charge is 1.72. The Kier molecular flexibility index (Phi) is 5.80. The third-order valence-corrected chi connectivity index (χ3v) is 1.31. The van der Waals surface area contributed by atoms with Gasteiger partial charge in [-0.3, -0.25) is 0 Å². The van der Waals surface area contributed by atoms with Crippen LogP contribution in [0.15, 0.2) is 43.1 Å². The smallest absolute Gasteiger partial charge is 0.00554 e. The van der Waals surface area contributed by atoms with E-state index in [0.29, 0.717) is 0 Å². The maximum absolute atomic E-state index is 3.49. The number of benzene rings is 1. The van der Waals surface area contributed by atoms with E-state index >= 15 is 0 Å². The van der Waals surface area contributed by atoms with Gasteiger partial charge in [0, 0.05) is 14.1 Å². The van der Waals surface area contributed by atoms with Crippen LogP contribution in [0.5, 0.6) is 0 Å². The first-order chi connectivity index (χ1) is 5.66. The van der Waals surface area contributed by atoms with Crippen LogP contribution >= 0.6 is 0 Å². The fourth-order valence-electron chi connectivity index (χ4n) is 0.534. The molecule has 1 heteroatoms.